The first-order valence-electron chi connectivity index (χ1n) is 5.83. The van der Waals surface area contributed by atoms with Gasteiger partial charge in [-0.15, -0.1) is 0 Å². The molecule has 0 aromatic carbocycles. The molecular formula is C10H19NO6S. The lowest BCUT2D eigenvalue weighted by molar-refractivity contribution is 0.0535. The summed E-state index contributed by atoms with van der Waals surface area (Å²) in [5.41, 5.74) is 0. The molecule has 0 radical (unpaired) electrons. The zero-order valence-corrected chi connectivity index (χ0v) is 10.9. The molecule has 7 nitrogen and oxygen atoms in total. The lowest BCUT2D eigenvalue weighted by Gasteiger charge is -2.10. The molecule has 18 heavy (non-hydrogen) atoms. The second-order valence-electron chi connectivity index (χ2n) is 4.12. The van der Waals surface area contributed by atoms with Crippen molar-refractivity contribution in [3.63, 3.8) is 0 Å². The molecule has 0 aromatic rings. The van der Waals surface area contributed by atoms with Gasteiger partial charge in [-0.3, -0.25) is 0 Å². The van der Waals surface area contributed by atoms with Crippen molar-refractivity contribution in [1.82, 2.24) is 5.32 Å². The highest BCUT2D eigenvalue weighted by molar-refractivity contribution is 7.91. The summed E-state index contributed by atoms with van der Waals surface area (Å²) >= 11 is 0. The van der Waals surface area contributed by atoms with E-state index in [2.05, 4.69) is 5.32 Å². The fourth-order valence-electron chi connectivity index (χ4n) is 1.67. The number of rotatable bonds is 7. The molecule has 1 aliphatic heterocycles. The minimum atomic E-state index is -2.91. The van der Waals surface area contributed by atoms with Crippen LogP contribution in [-0.4, -0.2) is 64.1 Å². The summed E-state index contributed by atoms with van der Waals surface area (Å²) in [6.07, 6.45) is 0.00859. The van der Waals surface area contributed by atoms with Crippen LogP contribution in [0.1, 0.15) is 6.42 Å². The van der Waals surface area contributed by atoms with Crippen LogP contribution in [0.3, 0.4) is 0 Å². The maximum absolute atomic E-state index is 11.2. The Balaban J connectivity index is 2.04. The van der Waals surface area contributed by atoms with Gasteiger partial charge in [0.25, 0.3) is 0 Å². The summed E-state index contributed by atoms with van der Waals surface area (Å²) in [5.74, 6) is 0.309. The van der Waals surface area contributed by atoms with E-state index in [4.69, 9.17) is 14.6 Å². The van der Waals surface area contributed by atoms with Crippen molar-refractivity contribution in [3.05, 3.63) is 0 Å². The van der Waals surface area contributed by atoms with Gasteiger partial charge in [0.15, 0.2) is 9.84 Å². The average Bonchev–Trinajstić information content (AvgIpc) is 2.66. The Morgan fingerprint density at radius 2 is 2.11 bits per heavy atom. The Kier molecular flexibility index (Phi) is 6.37. The third-order valence-corrected chi connectivity index (χ3v) is 4.40. The number of hydrogen-bond donors (Lipinski definition) is 2. The van der Waals surface area contributed by atoms with Gasteiger partial charge in [-0.25, -0.2) is 13.2 Å². The first-order chi connectivity index (χ1) is 8.53. The SMILES string of the molecule is O=C(NC[C@H]1CCS(=O)(=O)C1)OCCOCCO. The van der Waals surface area contributed by atoms with Gasteiger partial charge >= 0.3 is 6.09 Å². The Hall–Kier alpha value is -0.860. The van der Waals surface area contributed by atoms with Gasteiger partial charge in [0.1, 0.15) is 6.61 Å². The number of nitrogens with one attached hydrogen (secondary N) is 1. The number of hydrogen-bond acceptors (Lipinski definition) is 6. The van der Waals surface area contributed by atoms with Crippen LogP contribution >= 0.6 is 0 Å². The van der Waals surface area contributed by atoms with Crippen molar-refractivity contribution in [3.8, 4) is 0 Å². The van der Waals surface area contributed by atoms with E-state index in [9.17, 15) is 13.2 Å². The van der Waals surface area contributed by atoms with E-state index in [0.29, 0.717) is 13.0 Å². The molecule has 0 bridgehead atoms. The average molecular weight is 281 g/mol. The quantitative estimate of drug-likeness (QED) is 0.590. The number of alkyl carbamates (subject to hydrolysis) is 1. The summed E-state index contributed by atoms with van der Waals surface area (Å²) in [6, 6.07) is 0. The van der Waals surface area contributed by atoms with Crippen LogP contribution in [-0.2, 0) is 19.3 Å². The van der Waals surface area contributed by atoms with Crippen molar-refractivity contribution in [2.24, 2.45) is 5.92 Å². The van der Waals surface area contributed by atoms with E-state index >= 15 is 0 Å². The minimum absolute atomic E-state index is 0.0202. The normalized spacial score (nSPS) is 21.7. The third-order valence-electron chi connectivity index (χ3n) is 2.56. The van der Waals surface area contributed by atoms with Crippen molar-refractivity contribution in [2.45, 2.75) is 6.42 Å². The number of aliphatic hydroxyl groups excluding tert-OH is 1. The Labute approximate surface area is 106 Å². The third kappa shape index (κ3) is 6.18. The van der Waals surface area contributed by atoms with Crippen LogP contribution in [0, 0.1) is 5.92 Å². The molecule has 1 saturated heterocycles. The summed E-state index contributed by atoms with van der Waals surface area (Å²) < 4.78 is 32.1. The maximum atomic E-state index is 11.2. The largest absolute Gasteiger partial charge is 0.447 e. The van der Waals surface area contributed by atoms with Gasteiger partial charge < -0.3 is 19.9 Å². The fraction of sp³-hybridized carbons (Fsp3) is 0.900. The molecule has 0 aliphatic carbocycles. The van der Waals surface area contributed by atoms with Crippen molar-refractivity contribution >= 4 is 15.9 Å². The van der Waals surface area contributed by atoms with Gasteiger partial charge in [-0.05, 0) is 12.3 Å². The maximum Gasteiger partial charge on any atom is 0.407 e. The summed E-state index contributed by atoms with van der Waals surface area (Å²) in [6.45, 7) is 0.795. The van der Waals surface area contributed by atoms with Crippen LogP contribution in [0.2, 0.25) is 0 Å². The predicted octanol–water partition coefficient (Wildman–Crippen LogP) is -0.844. The second-order valence-corrected chi connectivity index (χ2v) is 6.35. The first kappa shape index (κ1) is 15.2. The topological polar surface area (TPSA) is 102 Å². The molecule has 1 rings (SSSR count). The lowest BCUT2D eigenvalue weighted by atomic mass is 10.1. The highest BCUT2D eigenvalue weighted by Crippen LogP contribution is 2.17. The van der Waals surface area contributed by atoms with Crippen LogP contribution in [0.15, 0.2) is 0 Å². The molecular weight excluding hydrogens is 262 g/mol. The molecule has 0 aromatic heterocycles. The summed E-state index contributed by atoms with van der Waals surface area (Å²) in [4.78, 5) is 11.2. The number of ether oxygens (including phenoxy) is 2. The molecule has 1 heterocycles. The lowest BCUT2D eigenvalue weighted by Crippen LogP contribution is -2.31. The van der Waals surface area contributed by atoms with E-state index in [-0.39, 0.29) is 43.9 Å². The molecule has 1 aliphatic rings. The van der Waals surface area contributed by atoms with E-state index in [1.165, 1.54) is 0 Å². The molecule has 0 spiro atoms. The van der Waals surface area contributed by atoms with Crippen LogP contribution in [0.5, 0.6) is 0 Å². The van der Waals surface area contributed by atoms with Gasteiger partial charge in [-0.1, -0.05) is 0 Å². The molecule has 8 heteroatoms. The Morgan fingerprint density at radius 1 is 1.33 bits per heavy atom. The number of aliphatic hydroxyl groups is 1. The van der Waals surface area contributed by atoms with Crippen LogP contribution in [0.25, 0.3) is 0 Å². The molecule has 1 fully saturated rings. The van der Waals surface area contributed by atoms with E-state index < -0.39 is 15.9 Å². The summed E-state index contributed by atoms with van der Waals surface area (Å²) in [5, 5.41) is 11.0. The number of amides is 1. The smallest absolute Gasteiger partial charge is 0.407 e. The fourth-order valence-corrected chi connectivity index (χ4v) is 3.53. The predicted molar refractivity (Wildman–Crippen MR) is 64.0 cm³/mol. The number of carbonyl (C=O) groups is 1. The van der Waals surface area contributed by atoms with Gasteiger partial charge in [0, 0.05) is 6.54 Å². The summed E-state index contributed by atoms with van der Waals surface area (Å²) in [7, 11) is -2.91. The molecule has 0 unspecified atom stereocenters. The van der Waals surface area contributed by atoms with E-state index in [1.54, 1.807) is 0 Å². The molecule has 2 N–H and O–H groups in total. The van der Waals surface area contributed by atoms with E-state index in [1.807, 2.05) is 0 Å². The number of carbonyl (C=O) groups excluding carboxylic acids is 1. The Bertz CT molecular complexity index is 355. The van der Waals surface area contributed by atoms with Gasteiger partial charge in [-0.2, -0.15) is 0 Å². The van der Waals surface area contributed by atoms with Gasteiger partial charge in [0.05, 0.1) is 31.3 Å². The van der Waals surface area contributed by atoms with E-state index in [0.717, 1.165) is 0 Å². The van der Waals surface area contributed by atoms with Crippen LogP contribution < -0.4 is 5.32 Å². The second kappa shape index (κ2) is 7.55. The highest BCUT2D eigenvalue weighted by Gasteiger charge is 2.27. The number of sulfone groups is 1. The molecule has 0 saturated carbocycles. The Morgan fingerprint density at radius 3 is 2.72 bits per heavy atom. The van der Waals surface area contributed by atoms with Crippen LogP contribution in [0.4, 0.5) is 4.79 Å². The zero-order chi connectivity index (χ0) is 13.4. The zero-order valence-electron chi connectivity index (χ0n) is 10.1. The minimum Gasteiger partial charge on any atom is -0.447 e. The van der Waals surface area contributed by atoms with Crippen molar-refractivity contribution < 1.29 is 27.8 Å². The standard InChI is InChI=1S/C10H19NO6S/c12-2-3-16-4-5-17-10(13)11-7-9-1-6-18(14,15)8-9/h9,12H,1-8H2,(H,11,13)/t9-/m1/s1. The molecule has 106 valence electrons. The molecule has 1 amide bonds. The molecule has 1 atom stereocenters. The van der Waals surface area contributed by atoms with Crippen molar-refractivity contribution in [2.75, 3.05) is 44.5 Å². The highest BCUT2D eigenvalue weighted by atomic mass is 32.2. The van der Waals surface area contributed by atoms with Gasteiger partial charge in [0.2, 0.25) is 0 Å². The first-order valence-corrected chi connectivity index (χ1v) is 7.65. The monoisotopic (exact) mass is 281 g/mol. The van der Waals surface area contributed by atoms with Crippen molar-refractivity contribution in [1.29, 1.82) is 0 Å².